The third-order valence-corrected chi connectivity index (χ3v) is 4.59. The molecule has 0 radical (unpaired) electrons. The lowest BCUT2D eigenvalue weighted by Crippen LogP contribution is -2.16. The number of Topliss-reactive ketones (excluding diaryl/α,β-unsaturated/α-hetero) is 1. The molecule has 1 aromatic carbocycles. The molecule has 0 aliphatic rings. The summed E-state index contributed by atoms with van der Waals surface area (Å²) in [5.41, 5.74) is 6.89. The number of nitrogens with zero attached hydrogens (tertiary/aromatic N) is 1. The van der Waals surface area contributed by atoms with Crippen LogP contribution in [-0.2, 0) is 15.8 Å². The van der Waals surface area contributed by atoms with Crippen molar-refractivity contribution >= 4 is 38.0 Å². The SMILES string of the molecule is CC(=O)c1csc(NS(=O)(=O)Cc2ccccc2N)n1. The van der Waals surface area contributed by atoms with Crippen molar-refractivity contribution in [3.05, 3.63) is 40.9 Å². The number of nitrogens with two attached hydrogens (primary N) is 1. The van der Waals surface area contributed by atoms with Crippen LogP contribution < -0.4 is 10.5 Å². The van der Waals surface area contributed by atoms with Gasteiger partial charge in [-0.2, -0.15) is 0 Å². The van der Waals surface area contributed by atoms with Gasteiger partial charge >= 0.3 is 0 Å². The van der Waals surface area contributed by atoms with Gasteiger partial charge < -0.3 is 5.73 Å². The highest BCUT2D eigenvalue weighted by Crippen LogP contribution is 2.20. The number of sulfonamides is 1. The number of anilines is 2. The van der Waals surface area contributed by atoms with Crippen LogP contribution in [0, 0.1) is 0 Å². The van der Waals surface area contributed by atoms with E-state index in [4.69, 9.17) is 5.73 Å². The number of nitrogens with one attached hydrogen (secondary N) is 1. The minimum Gasteiger partial charge on any atom is -0.398 e. The molecule has 106 valence electrons. The van der Waals surface area contributed by atoms with Crippen molar-refractivity contribution in [2.75, 3.05) is 10.5 Å². The number of benzene rings is 1. The predicted octanol–water partition coefficient (Wildman–Crippen LogP) is 1.87. The molecule has 1 aromatic heterocycles. The molecule has 0 spiro atoms. The Morgan fingerprint density at radius 3 is 2.70 bits per heavy atom. The first-order valence-electron chi connectivity index (χ1n) is 5.68. The van der Waals surface area contributed by atoms with Crippen molar-refractivity contribution in [1.29, 1.82) is 0 Å². The summed E-state index contributed by atoms with van der Waals surface area (Å²) in [5, 5.41) is 1.68. The van der Waals surface area contributed by atoms with Crippen LogP contribution in [0.4, 0.5) is 10.8 Å². The van der Waals surface area contributed by atoms with E-state index < -0.39 is 10.0 Å². The number of hydrogen-bond donors (Lipinski definition) is 2. The van der Waals surface area contributed by atoms with E-state index >= 15 is 0 Å². The molecular formula is C12H13N3O3S2. The highest BCUT2D eigenvalue weighted by atomic mass is 32.2. The number of ketones is 1. The van der Waals surface area contributed by atoms with Crippen LogP contribution in [0.5, 0.6) is 0 Å². The molecule has 8 heteroatoms. The normalized spacial score (nSPS) is 11.2. The zero-order valence-corrected chi connectivity index (χ0v) is 12.3. The van der Waals surface area contributed by atoms with Gasteiger partial charge in [0, 0.05) is 18.0 Å². The number of hydrogen-bond acceptors (Lipinski definition) is 6. The van der Waals surface area contributed by atoms with Crippen LogP contribution >= 0.6 is 11.3 Å². The van der Waals surface area contributed by atoms with Crippen LogP contribution in [0.3, 0.4) is 0 Å². The molecule has 20 heavy (non-hydrogen) atoms. The summed E-state index contributed by atoms with van der Waals surface area (Å²) in [4.78, 5) is 15.0. The minimum atomic E-state index is -3.62. The minimum absolute atomic E-state index is 0.171. The Hall–Kier alpha value is -1.93. The van der Waals surface area contributed by atoms with Crippen molar-refractivity contribution in [3.8, 4) is 0 Å². The van der Waals surface area contributed by atoms with Gasteiger partial charge in [-0.3, -0.25) is 9.52 Å². The third-order valence-electron chi connectivity index (χ3n) is 2.51. The summed E-state index contributed by atoms with van der Waals surface area (Å²) >= 11 is 1.07. The van der Waals surface area contributed by atoms with E-state index in [0.29, 0.717) is 11.3 Å². The van der Waals surface area contributed by atoms with Crippen LogP contribution in [-0.4, -0.2) is 19.2 Å². The molecule has 0 fully saturated rings. The number of carbonyl (C=O) groups excluding carboxylic acids is 1. The summed E-state index contributed by atoms with van der Waals surface area (Å²) in [6.45, 7) is 1.37. The molecule has 0 aliphatic heterocycles. The topological polar surface area (TPSA) is 102 Å². The molecule has 0 unspecified atom stereocenters. The summed E-state index contributed by atoms with van der Waals surface area (Å²) < 4.78 is 26.4. The number of rotatable bonds is 5. The zero-order chi connectivity index (χ0) is 14.8. The van der Waals surface area contributed by atoms with Crippen LogP contribution in [0.2, 0.25) is 0 Å². The molecule has 0 aliphatic carbocycles. The van der Waals surface area contributed by atoms with Crippen molar-refractivity contribution in [2.45, 2.75) is 12.7 Å². The van der Waals surface area contributed by atoms with E-state index in [9.17, 15) is 13.2 Å². The van der Waals surface area contributed by atoms with Gasteiger partial charge in [-0.15, -0.1) is 11.3 Å². The number of aromatic nitrogens is 1. The first-order valence-corrected chi connectivity index (χ1v) is 8.21. The van der Waals surface area contributed by atoms with Crippen molar-refractivity contribution in [1.82, 2.24) is 4.98 Å². The fraction of sp³-hybridized carbons (Fsp3) is 0.167. The van der Waals surface area contributed by atoms with Gasteiger partial charge in [0.15, 0.2) is 10.9 Å². The van der Waals surface area contributed by atoms with Gasteiger partial charge in [0.1, 0.15) is 5.69 Å². The molecule has 0 amide bonds. The van der Waals surface area contributed by atoms with E-state index in [1.165, 1.54) is 12.3 Å². The third kappa shape index (κ3) is 3.55. The lowest BCUT2D eigenvalue weighted by molar-refractivity contribution is 0.101. The quantitative estimate of drug-likeness (QED) is 0.648. The van der Waals surface area contributed by atoms with Crippen molar-refractivity contribution in [2.24, 2.45) is 0 Å². The molecule has 0 bridgehead atoms. The Bertz CT molecular complexity index is 738. The molecule has 1 heterocycles. The maximum Gasteiger partial charge on any atom is 0.238 e. The largest absolute Gasteiger partial charge is 0.398 e. The molecule has 0 saturated carbocycles. The van der Waals surface area contributed by atoms with E-state index in [1.54, 1.807) is 24.3 Å². The summed E-state index contributed by atoms with van der Waals surface area (Å²) in [6, 6.07) is 6.75. The predicted molar refractivity (Wildman–Crippen MR) is 79.2 cm³/mol. The van der Waals surface area contributed by atoms with Gasteiger partial charge in [-0.25, -0.2) is 13.4 Å². The molecule has 2 rings (SSSR count). The van der Waals surface area contributed by atoms with Gasteiger partial charge in [0.2, 0.25) is 10.0 Å². The molecule has 0 atom stereocenters. The summed E-state index contributed by atoms with van der Waals surface area (Å²) in [7, 11) is -3.62. The number of carbonyl (C=O) groups is 1. The van der Waals surface area contributed by atoms with Crippen molar-refractivity contribution < 1.29 is 13.2 Å². The van der Waals surface area contributed by atoms with E-state index in [-0.39, 0.29) is 22.4 Å². The van der Waals surface area contributed by atoms with Crippen LogP contribution in [0.25, 0.3) is 0 Å². The number of para-hydroxylation sites is 1. The highest BCUT2D eigenvalue weighted by molar-refractivity contribution is 7.92. The maximum atomic E-state index is 12.0. The second kappa shape index (κ2) is 5.59. The van der Waals surface area contributed by atoms with Gasteiger partial charge in [-0.05, 0) is 11.6 Å². The van der Waals surface area contributed by atoms with Gasteiger partial charge in [0.05, 0.1) is 5.75 Å². The maximum absolute atomic E-state index is 12.0. The first-order chi connectivity index (χ1) is 9.37. The Morgan fingerprint density at radius 1 is 1.40 bits per heavy atom. The second-order valence-electron chi connectivity index (χ2n) is 4.15. The van der Waals surface area contributed by atoms with Crippen LogP contribution in [0.1, 0.15) is 23.0 Å². The smallest absolute Gasteiger partial charge is 0.238 e. The monoisotopic (exact) mass is 311 g/mol. The standard InChI is InChI=1S/C12H13N3O3S2/c1-8(16)11-6-19-12(14-11)15-20(17,18)7-9-4-2-3-5-10(9)13/h2-6H,7,13H2,1H3,(H,14,15). The zero-order valence-electron chi connectivity index (χ0n) is 10.7. The first kappa shape index (κ1) is 14.5. The average Bonchev–Trinajstić information content (AvgIpc) is 2.79. The van der Waals surface area contributed by atoms with E-state index in [2.05, 4.69) is 9.71 Å². The molecule has 6 nitrogen and oxygen atoms in total. The summed E-state index contributed by atoms with van der Waals surface area (Å²) in [5.74, 6) is -0.451. The lowest BCUT2D eigenvalue weighted by atomic mass is 10.2. The number of thiazole rings is 1. The highest BCUT2D eigenvalue weighted by Gasteiger charge is 2.16. The fourth-order valence-electron chi connectivity index (χ4n) is 1.52. The fourth-order valence-corrected chi connectivity index (χ4v) is 3.74. The van der Waals surface area contributed by atoms with Gasteiger partial charge in [-0.1, -0.05) is 18.2 Å². The molecular weight excluding hydrogens is 298 g/mol. The Balaban J connectivity index is 2.15. The van der Waals surface area contributed by atoms with E-state index in [1.807, 2.05) is 0 Å². The molecule has 3 N–H and O–H groups in total. The number of nitrogen functional groups attached to an aromatic ring is 1. The molecule has 0 saturated heterocycles. The Kier molecular flexibility index (Phi) is 4.05. The Labute approximate surface area is 120 Å². The lowest BCUT2D eigenvalue weighted by Gasteiger charge is -2.07. The second-order valence-corrected chi connectivity index (χ2v) is 6.73. The molecule has 2 aromatic rings. The Morgan fingerprint density at radius 2 is 2.10 bits per heavy atom. The average molecular weight is 311 g/mol. The van der Waals surface area contributed by atoms with E-state index in [0.717, 1.165) is 11.3 Å². The summed E-state index contributed by atoms with van der Waals surface area (Å²) in [6.07, 6.45) is 0. The van der Waals surface area contributed by atoms with Crippen molar-refractivity contribution in [3.63, 3.8) is 0 Å². The van der Waals surface area contributed by atoms with Crippen LogP contribution in [0.15, 0.2) is 29.6 Å². The van der Waals surface area contributed by atoms with Gasteiger partial charge in [0.25, 0.3) is 0 Å².